The van der Waals surface area contributed by atoms with Gasteiger partial charge in [0.1, 0.15) is 0 Å². The molecule has 0 aliphatic heterocycles. The predicted octanol–water partition coefficient (Wildman–Crippen LogP) is 8.39. The highest BCUT2D eigenvalue weighted by atomic mass is 32.2. The number of hydrogen-bond donors (Lipinski definition) is 2. The summed E-state index contributed by atoms with van der Waals surface area (Å²) < 4.78 is 69.6. The van der Waals surface area contributed by atoms with Gasteiger partial charge in [0.05, 0.1) is 17.2 Å². The third kappa shape index (κ3) is 10.1. The second kappa shape index (κ2) is 14.9. The highest BCUT2D eigenvalue weighted by Gasteiger charge is 2.30. The molecule has 0 saturated carbocycles. The van der Waals surface area contributed by atoms with Gasteiger partial charge in [0.15, 0.2) is 5.78 Å². The number of hydrogen-bond acceptors (Lipinski definition) is 4. The van der Waals surface area contributed by atoms with Crippen molar-refractivity contribution in [2.75, 3.05) is 11.1 Å². The van der Waals surface area contributed by atoms with Gasteiger partial charge in [-0.3, -0.25) is 14.1 Å². The van der Waals surface area contributed by atoms with E-state index in [0.717, 1.165) is 35.2 Å². The summed E-state index contributed by atoms with van der Waals surface area (Å²) in [5, 5.41) is 2.97. The Morgan fingerprint density at radius 1 is 0.761 bits per heavy atom. The quantitative estimate of drug-likeness (QED) is 0.112. The Kier molecular flexibility index (Phi) is 11.2. The van der Waals surface area contributed by atoms with E-state index < -0.39 is 33.5 Å². The summed E-state index contributed by atoms with van der Waals surface area (Å²) in [7, 11) is -4.13. The van der Waals surface area contributed by atoms with Crippen LogP contribution in [0.2, 0.25) is 0 Å². The number of rotatable bonds is 13. The minimum Gasteiger partial charge on any atom is -0.326 e. The number of ketones is 1. The van der Waals surface area contributed by atoms with Crippen molar-refractivity contribution in [2.24, 2.45) is 5.92 Å². The van der Waals surface area contributed by atoms with Gasteiger partial charge in [-0.1, -0.05) is 86.6 Å². The standard InChI is InChI=1S/C36H36F3NO5S/c1-24(2)22-25-5-9-29(10-6-25)33(23-26-7-11-30(12-8-26)34(41)4-3-21-46(43,44)45)35(42)40-32-19-15-28(16-20-32)27-13-17-31(18-14-27)36(37,38)39/h5-20,24,33H,3-4,21-23H2,1-2H3,(H,40,42)(H,43,44,45). The largest absolute Gasteiger partial charge is 0.416 e. The van der Waals surface area contributed by atoms with Gasteiger partial charge in [-0.15, -0.1) is 0 Å². The molecule has 4 aromatic rings. The Labute approximate surface area is 267 Å². The van der Waals surface area contributed by atoms with E-state index in [2.05, 4.69) is 19.2 Å². The van der Waals surface area contributed by atoms with E-state index in [1.54, 1.807) is 48.5 Å². The Balaban J connectivity index is 1.50. The van der Waals surface area contributed by atoms with E-state index in [1.807, 2.05) is 24.3 Å². The molecular formula is C36H36F3NO5S. The first-order valence-electron chi connectivity index (χ1n) is 14.9. The number of carbonyl (C=O) groups excluding carboxylic acids is 2. The molecule has 242 valence electrons. The molecule has 0 aliphatic carbocycles. The van der Waals surface area contributed by atoms with Crippen LogP contribution in [0.15, 0.2) is 97.1 Å². The molecule has 4 rings (SSSR count). The summed E-state index contributed by atoms with van der Waals surface area (Å²) in [5.41, 5.74) is 4.34. The number of anilines is 1. The first-order chi connectivity index (χ1) is 21.7. The zero-order valence-electron chi connectivity index (χ0n) is 25.6. The van der Waals surface area contributed by atoms with Crippen molar-refractivity contribution in [3.63, 3.8) is 0 Å². The van der Waals surface area contributed by atoms with Crippen molar-refractivity contribution in [1.29, 1.82) is 0 Å². The van der Waals surface area contributed by atoms with Gasteiger partial charge >= 0.3 is 6.18 Å². The Bertz CT molecular complexity index is 1730. The molecule has 4 aromatic carbocycles. The molecule has 0 bridgehead atoms. The van der Waals surface area contributed by atoms with Crippen LogP contribution in [0.4, 0.5) is 18.9 Å². The van der Waals surface area contributed by atoms with Crippen LogP contribution in [0.3, 0.4) is 0 Å². The SMILES string of the molecule is CC(C)Cc1ccc(C(Cc2ccc(C(=O)CCCS(=O)(=O)O)cc2)C(=O)Nc2ccc(-c3ccc(C(F)(F)F)cc3)cc2)cc1. The second-order valence-corrected chi connectivity index (χ2v) is 13.3. The molecule has 6 nitrogen and oxygen atoms in total. The van der Waals surface area contributed by atoms with Crippen molar-refractivity contribution in [1.82, 2.24) is 0 Å². The maximum Gasteiger partial charge on any atom is 0.416 e. The van der Waals surface area contributed by atoms with Gasteiger partial charge in [-0.25, -0.2) is 0 Å². The van der Waals surface area contributed by atoms with Gasteiger partial charge in [-0.05, 0) is 77.3 Å². The molecule has 0 fully saturated rings. The average molecular weight is 652 g/mol. The molecule has 10 heteroatoms. The predicted molar refractivity (Wildman–Crippen MR) is 173 cm³/mol. The zero-order chi connectivity index (χ0) is 33.5. The summed E-state index contributed by atoms with van der Waals surface area (Å²) in [6.07, 6.45) is -3.17. The molecule has 46 heavy (non-hydrogen) atoms. The number of carbonyl (C=O) groups is 2. The summed E-state index contributed by atoms with van der Waals surface area (Å²) in [4.78, 5) is 26.2. The molecule has 1 amide bonds. The van der Waals surface area contributed by atoms with E-state index in [9.17, 15) is 31.2 Å². The Hall–Kier alpha value is -4.28. The fraction of sp³-hybridized carbons (Fsp3) is 0.278. The van der Waals surface area contributed by atoms with Crippen LogP contribution in [0, 0.1) is 5.92 Å². The maximum absolute atomic E-state index is 13.7. The van der Waals surface area contributed by atoms with Crippen molar-refractivity contribution in [2.45, 2.75) is 51.6 Å². The third-order valence-corrected chi connectivity index (χ3v) is 8.37. The number of amides is 1. The van der Waals surface area contributed by atoms with Gasteiger partial charge in [0.25, 0.3) is 10.1 Å². The van der Waals surface area contributed by atoms with Crippen LogP contribution in [0.5, 0.6) is 0 Å². The lowest BCUT2D eigenvalue weighted by Gasteiger charge is -2.19. The summed E-state index contributed by atoms with van der Waals surface area (Å²) >= 11 is 0. The van der Waals surface area contributed by atoms with E-state index >= 15 is 0 Å². The van der Waals surface area contributed by atoms with Gasteiger partial charge in [0, 0.05) is 17.7 Å². The molecule has 0 heterocycles. The van der Waals surface area contributed by atoms with Crippen LogP contribution < -0.4 is 5.32 Å². The normalized spacial score (nSPS) is 12.6. The zero-order valence-corrected chi connectivity index (χ0v) is 26.4. The fourth-order valence-corrected chi connectivity index (χ4v) is 5.68. The third-order valence-electron chi connectivity index (χ3n) is 7.56. The minimum atomic E-state index is -4.41. The number of halogens is 3. The lowest BCUT2D eigenvalue weighted by atomic mass is 9.89. The number of Topliss-reactive ketones (excluding diaryl/α,β-unsaturated/α-hetero) is 1. The lowest BCUT2D eigenvalue weighted by Crippen LogP contribution is -2.23. The van der Waals surface area contributed by atoms with Crippen molar-refractivity contribution in [3.05, 3.63) is 125 Å². The molecule has 0 aliphatic rings. The maximum atomic E-state index is 13.7. The second-order valence-electron chi connectivity index (χ2n) is 11.7. The van der Waals surface area contributed by atoms with Crippen molar-refractivity contribution < 1.29 is 35.7 Å². The minimum absolute atomic E-state index is 0.0137. The molecule has 0 spiro atoms. The molecule has 1 unspecified atom stereocenters. The first-order valence-corrected chi connectivity index (χ1v) is 16.5. The fourth-order valence-electron chi connectivity index (χ4n) is 5.17. The number of benzene rings is 4. The molecule has 0 radical (unpaired) electrons. The van der Waals surface area contributed by atoms with Gasteiger partial charge in [-0.2, -0.15) is 21.6 Å². The average Bonchev–Trinajstić information content (AvgIpc) is 3.00. The van der Waals surface area contributed by atoms with E-state index in [1.165, 1.54) is 12.1 Å². The summed E-state index contributed by atoms with van der Waals surface area (Å²) in [6, 6.07) is 26.5. The molecule has 0 aromatic heterocycles. The topological polar surface area (TPSA) is 101 Å². The van der Waals surface area contributed by atoms with Crippen molar-refractivity contribution in [3.8, 4) is 11.1 Å². The molecule has 2 N–H and O–H groups in total. The van der Waals surface area contributed by atoms with Crippen LogP contribution >= 0.6 is 0 Å². The Morgan fingerprint density at radius 3 is 1.80 bits per heavy atom. The molecule has 0 saturated heterocycles. The summed E-state index contributed by atoms with van der Waals surface area (Å²) in [6.45, 7) is 4.27. The number of nitrogens with one attached hydrogen (secondary N) is 1. The van der Waals surface area contributed by atoms with Gasteiger partial charge < -0.3 is 5.32 Å². The smallest absolute Gasteiger partial charge is 0.326 e. The van der Waals surface area contributed by atoms with Crippen LogP contribution in [0.25, 0.3) is 11.1 Å². The monoisotopic (exact) mass is 651 g/mol. The first kappa shape index (κ1) is 34.6. The van der Waals surface area contributed by atoms with Crippen LogP contribution in [-0.4, -0.2) is 30.4 Å². The number of alkyl halides is 3. The highest BCUT2D eigenvalue weighted by Crippen LogP contribution is 2.31. The van der Waals surface area contributed by atoms with Crippen molar-refractivity contribution >= 4 is 27.5 Å². The van der Waals surface area contributed by atoms with E-state index in [4.69, 9.17) is 4.55 Å². The van der Waals surface area contributed by atoms with E-state index in [-0.39, 0.29) is 24.5 Å². The highest BCUT2D eigenvalue weighted by molar-refractivity contribution is 7.85. The summed E-state index contributed by atoms with van der Waals surface area (Å²) in [5.74, 6) is -1.07. The van der Waals surface area contributed by atoms with Gasteiger partial charge in [0.2, 0.25) is 5.91 Å². The van der Waals surface area contributed by atoms with Crippen LogP contribution in [-0.2, 0) is 33.9 Å². The lowest BCUT2D eigenvalue weighted by molar-refractivity contribution is -0.137. The van der Waals surface area contributed by atoms with Crippen LogP contribution in [0.1, 0.15) is 65.2 Å². The Morgan fingerprint density at radius 2 is 1.28 bits per heavy atom. The molecule has 1 atom stereocenters. The molecular weight excluding hydrogens is 615 g/mol. The van der Waals surface area contributed by atoms with E-state index in [0.29, 0.717) is 34.7 Å².